The van der Waals surface area contributed by atoms with Gasteiger partial charge in [-0.15, -0.1) is 0 Å². The fourth-order valence-electron chi connectivity index (χ4n) is 1.57. The fraction of sp³-hybridized carbons (Fsp3) is 0.0667. The zero-order valence-electron chi connectivity index (χ0n) is 11.1. The summed E-state index contributed by atoms with van der Waals surface area (Å²) in [5.41, 5.74) is 9.51. The van der Waals surface area contributed by atoms with Crippen LogP contribution in [0.2, 0.25) is 0 Å². The first-order valence-electron chi connectivity index (χ1n) is 6.19. The van der Waals surface area contributed by atoms with Gasteiger partial charge in [-0.3, -0.25) is 5.43 Å². The second-order valence-corrected chi connectivity index (χ2v) is 4.66. The van der Waals surface area contributed by atoms with Crippen LogP contribution in [0.3, 0.4) is 0 Å². The molecule has 0 saturated carbocycles. The van der Waals surface area contributed by atoms with Crippen LogP contribution >= 0.6 is 12.2 Å². The number of halogens is 1. The van der Waals surface area contributed by atoms with Crippen LogP contribution in [0.5, 0.6) is 5.75 Å². The average molecular weight is 303 g/mol. The third-order valence-electron chi connectivity index (χ3n) is 2.59. The molecule has 3 N–H and O–H groups in total. The lowest BCUT2D eigenvalue weighted by molar-refractivity contribution is 0.306. The summed E-state index contributed by atoms with van der Waals surface area (Å²) in [4.78, 5) is 0. The maximum Gasteiger partial charge on any atom is 0.184 e. The van der Waals surface area contributed by atoms with Gasteiger partial charge in [0.05, 0.1) is 6.21 Å². The van der Waals surface area contributed by atoms with E-state index in [1.165, 1.54) is 12.1 Å². The highest BCUT2D eigenvalue weighted by molar-refractivity contribution is 7.80. The van der Waals surface area contributed by atoms with Crippen LogP contribution in [0.15, 0.2) is 53.6 Å². The predicted octanol–water partition coefficient (Wildman–Crippen LogP) is 2.57. The molecule has 0 radical (unpaired) electrons. The minimum absolute atomic E-state index is 0.116. The van der Waals surface area contributed by atoms with Gasteiger partial charge in [0.2, 0.25) is 0 Å². The lowest BCUT2D eigenvalue weighted by atomic mass is 10.2. The normalized spacial score (nSPS) is 10.5. The molecule has 108 valence electrons. The van der Waals surface area contributed by atoms with Crippen molar-refractivity contribution >= 4 is 23.5 Å². The van der Waals surface area contributed by atoms with Gasteiger partial charge in [-0.05, 0) is 59.7 Å². The third-order valence-corrected chi connectivity index (χ3v) is 2.68. The highest BCUT2D eigenvalue weighted by Gasteiger charge is 1.97. The number of nitrogens with zero attached hydrogens (tertiary/aromatic N) is 1. The van der Waals surface area contributed by atoms with Gasteiger partial charge < -0.3 is 10.5 Å². The number of nitrogens with one attached hydrogen (secondary N) is 1. The SMILES string of the molecule is NC(=S)N/N=C/c1ccc(OCc2ccc(F)cc2)cc1. The summed E-state index contributed by atoms with van der Waals surface area (Å²) in [7, 11) is 0. The van der Waals surface area contributed by atoms with E-state index in [4.69, 9.17) is 10.5 Å². The van der Waals surface area contributed by atoms with Gasteiger partial charge in [-0.25, -0.2) is 4.39 Å². The molecule has 2 aromatic carbocycles. The summed E-state index contributed by atoms with van der Waals surface area (Å²) >= 11 is 4.63. The molecule has 0 aromatic heterocycles. The maximum absolute atomic E-state index is 12.8. The number of ether oxygens (including phenoxy) is 1. The van der Waals surface area contributed by atoms with E-state index in [-0.39, 0.29) is 10.9 Å². The Morgan fingerprint density at radius 2 is 1.86 bits per heavy atom. The van der Waals surface area contributed by atoms with Crippen LogP contribution in [0, 0.1) is 5.82 Å². The van der Waals surface area contributed by atoms with Crippen LogP contribution in [0.1, 0.15) is 11.1 Å². The van der Waals surface area contributed by atoms with E-state index in [1.54, 1.807) is 18.3 Å². The maximum atomic E-state index is 12.8. The largest absolute Gasteiger partial charge is 0.489 e. The number of hydrogen-bond donors (Lipinski definition) is 2. The first-order valence-corrected chi connectivity index (χ1v) is 6.60. The molecular formula is C15H14FN3OS. The summed E-state index contributed by atoms with van der Waals surface area (Å²) in [5, 5.41) is 3.97. The minimum Gasteiger partial charge on any atom is -0.489 e. The lowest BCUT2D eigenvalue weighted by Gasteiger charge is -2.06. The molecule has 4 nitrogen and oxygen atoms in total. The van der Waals surface area contributed by atoms with Crippen LogP contribution < -0.4 is 15.9 Å². The molecule has 6 heteroatoms. The molecule has 0 aliphatic rings. The van der Waals surface area contributed by atoms with Crippen molar-refractivity contribution in [1.29, 1.82) is 0 Å². The molecular weight excluding hydrogens is 289 g/mol. The van der Waals surface area contributed by atoms with Crippen LogP contribution in [-0.2, 0) is 6.61 Å². The van der Waals surface area contributed by atoms with E-state index < -0.39 is 0 Å². The number of benzene rings is 2. The molecule has 2 aromatic rings. The van der Waals surface area contributed by atoms with E-state index in [9.17, 15) is 4.39 Å². The molecule has 0 aliphatic heterocycles. The van der Waals surface area contributed by atoms with E-state index >= 15 is 0 Å². The lowest BCUT2D eigenvalue weighted by Crippen LogP contribution is -2.23. The Morgan fingerprint density at radius 3 is 2.48 bits per heavy atom. The zero-order chi connectivity index (χ0) is 15.1. The summed E-state index contributed by atoms with van der Waals surface area (Å²) < 4.78 is 18.4. The zero-order valence-corrected chi connectivity index (χ0v) is 11.9. The Labute approximate surface area is 127 Å². The van der Waals surface area contributed by atoms with Gasteiger partial charge in [-0.1, -0.05) is 12.1 Å². The molecule has 0 aliphatic carbocycles. The molecule has 0 amide bonds. The van der Waals surface area contributed by atoms with Crippen molar-refractivity contribution in [3.63, 3.8) is 0 Å². The quantitative estimate of drug-likeness (QED) is 0.506. The standard InChI is InChI=1S/C15H14FN3OS/c16-13-5-1-12(2-6-13)10-20-14-7-3-11(4-8-14)9-18-19-15(17)21/h1-9H,10H2,(H3,17,19,21)/b18-9+. The number of hydrogen-bond acceptors (Lipinski definition) is 3. The molecule has 0 bridgehead atoms. The molecule has 0 atom stereocenters. The molecule has 2 rings (SSSR count). The Balaban J connectivity index is 1.88. The summed E-state index contributed by atoms with van der Waals surface area (Å²) in [6.45, 7) is 0.386. The van der Waals surface area contributed by atoms with Crippen molar-refractivity contribution in [2.45, 2.75) is 6.61 Å². The van der Waals surface area contributed by atoms with Crippen molar-refractivity contribution in [3.8, 4) is 5.75 Å². The fourth-order valence-corrected chi connectivity index (χ4v) is 1.62. The van der Waals surface area contributed by atoms with Crippen LogP contribution in [0.25, 0.3) is 0 Å². The Kier molecular flexibility index (Phi) is 5.22. The molecule has 0 fully saturated rings. The number of nitrogens with two attached hydrogens (primary N) is 1. The van der Waals surface area contributed by atoms with Crippen LogP contribution in [-0.4, -0.2) is 11.3 Å². The second-order valence-electron chi connectivity index (χ2n) is 4.22. The summed E-state index contributed by atoms with van der Waals surface area (Å²) in [6.07, 6.45) is 1.60. The monoisotopic (exact) mass is 303 g/mol. The first-order chi connectivity index (χ1) is 10.1. The first kappa shape index (κ1) is 14.9. The second kappa shape index (κ2) is 7.35. The van der Waals surface area contributed by atoms with Gasteiger partial charge in [0.15, 0.2) is 5.11 Å². The van der Waals surface area contributed by atoms with Gasteiger partial charge in [0, 0.05) is 0 Å². The molecule has 0 saturated heterocycles. The third kappa shape index (κ3) is 5.19. The smallest absolute Gasteiger partial charge is 0.184 e. The number of thiocarbonyl (C=S) groups is 1. The van der Waals surface area contributed by atoms with Gasteiger partial charge in [0.25, 0.3) is 0 Å². The van der Waals surface area contributed by atoms with Crippen molar-refractivity contribution < 1.29 is 9.13 Å². The average Bonchev–Trinajstić information content (AvgIpc) is 2.48. The summed E-state index contributed by atoms with van der Waals surface area (Å²) in [5.74, 6) is 0.465. The van der Waals surface area contributed by atoms with Crippen molar-refractivity contribution in [3.05, 3.63) is 65.5 Å². The minimum atomic E-state index is -0.257. The molecule has 0 heterocycles. The Hall–Kier alpha value is -2.47. The Bertz CT molecular complexity index is 626. The van der Waals surface area contributed by atoms with Gasteiger partial charge in [0.1, 0.15) is 18.2 Å². The highest BCUT2D eigenvalue weighted by Crippen LogP contribution is 2.13. The van der Waals surface area contributed by atoms with Crippen molar-refractivity contribution in [2.75, 3.05) is 0 Å². The number of hydrazone groups is 1. The van der Waals surface area contributed by atoms with Crippen LogP contribution in [0.4, 0.5) is 4.39 Å². The summed E-state index contributed by atoms with van der Waals surface area (Å²) in [6, 6.07) is 13.6. The van der Waals surface area contributed by atoms with Crippen molar-refractivity contribution in [2.24, 2.45) is 10.8 Å². The van der Waals surface area contributed by atoms with Gasteiger partial charge in [-0.2, -0.15) is 5.10 Å². The predicted molar refractivity (Wildman–Crippen MR) is 84.7 cm³/mol. The van der Waals surface area contributed by atoms with E-state index in [0.29, 0.717) is 6.61 Å². The van der Waals surface area contributed by atoms with Gasteiger partial charge >= 0.3 is 0 Å². The molecule has 21 heavy (non-hydrogen) atoms. The Morgan fingerprint density at radius 1 is 1.19 bits per heavy atom. The van der Waals surface area contributed by atoms with E-state index in [1.807, 2.05) is 24.3 Å². The highest BCUT2D eigenvalue weighted by atomic mass is 32.1. The molecule has 0 spiro atoms. The number of rotatable bonds is 5. The topological polar surface area (TPSA) is 59.6 Å². The van der Waals surface area contributed by atoms with E-state index in [2.05, 4.69) is 22.7 Å². The molecule has 0 unspecified atom stereocenters. The van der Waals surface area contributed by atoms with Crippen molar-refractivity contribution in [1.82, 2.24) is 5.43 Å². The van der Waals surface area contributed by atoms with E-state index in [0.717, 1.165) is 16.9 Å².